The number of para-hydroxylation sites is 1. The summed E-state index contributed by atoms with van der Waals surface area (Å²) in [7, 11) is 0. The number of rotatable bonds is 3. The zero-order valence-electron chi connectivity index (χ0n) is 23.3. The van der Waals surface area contributed by atoms with Crippen molar-refractivity contribution in [1.29, 1.82) is 0 Å². The number of ether oxygens (including phenoxy) is 1. The summed E-state index contributed by atoms with van der Waals surface area (Å²) in [4.78, 5) is 61.6. The Balaban J connectivity index is 1.46. The molecule has 3 aromatic rings. The van der Waals surface area contributed by atoms with E-state index < -0.39 is 0 Å². The van der Waals surface area contributed by atoms with Crippen LogP contribution < -0.4 is 4.90 Å². The summed E-state index contributed by atoms with van der Waals surface area (Å²) < 4.78 is 5.41. The predicted octanol–water partition coefficient (Wildman–Crippen LogP) is 4.02. The van der Waals surface area contributed by atoms with E-state index in [9.17, 15) is 19.2 Å². The number of pyridine rings is 1. The molecule has 1 unspecified atom stereocenters. The molecular formula is C32H32N4O5. The fourth-order valence-electron chi connectivity index (χ4n) is 6.12. The summed E-state index contributed by atoms with van der Waals surface area (Å²) in [6.45, 7) is 6.44. The van der Waals surface area contributed by atoms with Crippen LogP contribution in [0.15, 0.2) is 54.2 Å². The lowest BCUT2D eigenvalue weighted by atomic mass is 9.87. The smallest absolute Gasteiger partial charge is 0.254 e. The molecule has 0 aliphatic carbocycles. The molecule has 1 aromatic heterocycles. The van der Waals surface area contributed by atoms with Gasteiger partial charge in [0.15, 0.2) is 0 Å². The number of hydrogen-bond acceptors (Lipinski definition) is 6. The van der Waals surface area contributed by atoms with Gasteiger partial charge in [-0.3, -0.25) is 24.1 Å². The van der Waals surface area contributed by atoms with Crippen LogP contribution in [0.3, 0.4) is 0 Å². The van der Waals surface area contributed by atoms with Crippen molar-refractivity contribution in [2.24, 2.45) is 0 Å². The number of allylic oxidation sites excluding steroid dienone is 1. The number of benzene rings is 2. The molecule has 210 valence electrons. The summed E-state index contributed by atoms with van der Waals surface area (Å²) in [5, 5.41) is 0.853. The van der Waals surface area contributed by atoms with Gasteiger partial charge in [-0.25, -0.2) is 4.98 Å². The summed E-state index contributed by atoms with van der Waals surface area (Å²) in [5.74, 6) is -0.473. The van der Waals surface area contributed by atoms with Crippen LogP contribution in [0.2, 0.25) is 0 Å². The van der Waals surface area contributed by atoms with E-state index in [0.29, 0.717) is 67.4 Å². The first-order valence-corrected chi connectivity index (χ1v) is 14.0. The lowest BCUT2D eigenvalue weighted by Gasteiger charge is -2.33. The standard InChI is InChI=1S/C32H32N4O5/c1-20(37)35-11-5-6-23(19-35)26-17-24(18-30-31(39)25-7-3-4-8-29(25)36(30)21(2)38)33-28-10-9-22(16-27(26)28)32(40)34-12-14-41-15-13-34/h3-4,7-10,16-18,23H,5-6,11-15,19H2,1-2H3/b30-18-. The Morgan fingerprint density at radius 2 is 1.73 bits per heavy atom. The lowest BCUT2D eigenvalue weighted by Crippen LogP contribution is -2.40. The van der Waals surface area contributed by atoms with Crippen LogP contribution in [0.25, 0.3) is 17.0 Å². The van der Waals surface area contributed by atoms with E-state index in [0.717, 1.165) is 23.8 Å². The maximum absolute atomic E-state index is 13.4. The second-order valence-corrected chi connectivity index (χ2v) is 10.8. The minimum Gasteiger partial charge on any atom is -0.378 e. The van der Waals surface area contributed by atoms with Gasteiger partial charge in [0.2, 0.25) is 17.6 Å². The van der Waals surface area contributed by atoms with Crippen molar-refractivity contribution < 1.29 is 23.9 Å². The molecule has 2 aromatic carbocycles. The van der Waals surface area contributed by atoms with Crippen LogP contribution in [0.4, 0.5) is 5.69 Å². The van der Waals surface area contributed by atoms with Gasteiger partial charge in [-0.2, -0.15) is 0 Å². The molecule has 0 spiro atoms. The summed E-state index contributed by atoms with van der Waals surface area (Å²) in [6, 6.07) is 14.5. The number of amides is 3. The number of ketones is 1. The van der Waals surface area contributed by atoms with Crippen LogP contribution in [0, 0.1) is 0 Å². The summed E-state index contributed by atoms with van der Waals surface area (Å²) in [6.07, 6.45) is 3.41. The average Bonchev–Trinajstić information content (AvgIpc) is 3.27. The van der Waals surface area contributed by atoms with E-state index in [1.165, 1.54) is 11.8 Å². The molecule has 0 saturated carbocycles. The van der Waals surface area contributed by atoms with Crippen LogP contribution in [0.1, 0.15) is 64.6 Å². The van der Waals surface area contributed by atoms with Gasteiger partial charge in [-0.15, -0.1) is 0 Å². The topological polar surface area (TPSA) is 100 Å². The van der Waals surface area contributed by atoms with Gasteiger partial charge in [-0.05, 0) is 60.9 Å². The first kappa shape index (κ1) is 26.8. The van der Waals surface area contributed by atoms with E-state index in [-0.39, 0.29) is 35.1 Å². The van der Waals surface area contributed by atoms with Gasteiger partial charge in [0.05, 0.1) is 35.8 Å². The van der Waals surface area contributed by atoms with Gasteiger partial charge in [0, 0.05) is 62.5 Å². The van der Waals surface area contributed by atoms with E-state index in [1.54, 1.807) is 48.2 Å². The number of nitrogens with zero attached hydrogens (tertiary/aromatic N) is 4. The van der Waals surface area contributed by atoms with Gasteiger partial charge >= 0.3 is 0 Å². The SMILES string of the molecule is CC(=O)N1CCCC(c2cc(/C=C3/C(=O)c4ccccc4N3C(C)=O)nc3ccc(C(=O)N4CCOCC4)cc23)C1. The largest absolute Gasteiger partial charge is 0.378 e. The highest BCUT2D eigenvalue weighted by Crippen LogP contribution is 2.37. The Hall–Kier alpha value is -4.37. The van der Waals surface area contributed by atoms with Crippen molar-refractivity contribution >= 4 is 46.2 Å². The number of carbonyl (C=O) groups is 4. The molecule has 9 nitrogen and oxygen atoms in total. The third-order valence-corrected chi connectivity index (χ3v) is 8.17. The number of fused-ring (bicyclic) bond motifs is 2. The molecule has 2 saturated heterocycles. The van der Waals surface area contributed by atoms with Gasteiger partial charge < -0.3 is 14.5 Å². The Bertz CT molecular complexity index is 1610. The Morgan fingerprint density at radius 3 is 2.49 bits per heavy atom. The Labute approximate surface area is 238 Å². The second-order valence-electron chi connectivity index (χ2n) is 10.8. The normalized spacial score (nSPS) is 20.0. The Kier molecular flexibility index (Phi) is 7.13. The van der Waals surface area contributed by atoms with Crippen LogP contribution in [0.5, 0.6) is 0 Å². The molecule has 3 aliphatic rings. The molecule has 0 radical (unpaired) electrons. The highest BCUT2D eigenvalue weighted by atomic mass is 16.5. The summed E-state index contributed by atoms with van der Waals surface area (Å²) in [5.41, 5.74) is 4.08. The number of likely N-dealkylation sites (tertiary alicyclic amines) is 1. The molecule has 2 fully saturated rings. The molecule has 0 bridgehead atoms. The molecule has 6 rings (SSSR count). The highest BCUT2D eigenvalue weighted by molar-refractivity contribution is 6.26. The number of Topliss-reactive ketones (excluding diaryl/α,β-unsaturated/α-hetero) is 1. The van der Waals surface area contributed by atoms with Crippen molar-refractivity contribution in [3.8, 4) is 0 Å². The maximum atomic E-state index is 13.4. The van der Waals surface area contributed by atoms with Crippen molar-refractivity contribution in [3.63, 3.8) is 0 Å². The first-order valence-electron chi connectivity index (χ1n) is 14.0. The van der Waals surface area contributed by atoms with Crippen molar-refractivity contribution in [3.05, 3.63) is 76.6 Å². The van der Waals surface area contributed by atoms with E-state index in [1.807, 2.05) is 23.1 Å². The fraction of sp³-hybridized carbons (Fsp3) is 0.344. The van der Waals surface area contributed by atoms with Crippen LogP contribution in [-0.4, -0.2) is 77.7 Å². The second kappa shape index (κ2) is 10.9. The molecular weight excluding hydrogens is 520 g/mol. The monoisotopic (exact) mass is 552 g/mol. The fourth-order valence-corrected chi connectivity index (χ4v) is 6.12. The van der Waals surface area contributed by atoms with Gasteiger partial charge in [0.25, 0.3) is 5.91 Å². The quantitative estimate of drug-likeness (QED) is 0.455. The van der Waals surface area contributed by atoms with E-state index >= 15 is 0 Å². The zero-order valence-corrected chi connectivity index (χ0v) is 23.3. The molecule has 41 heavy (non-hydrogen) atoms. The third-order valence-electron chi connectivity index (χ3n) is 8.17. The predicted molar refractivity (Wildman–Crippen MR) is 155 cm³/mol. The van der Waals surface area contributed by atoms with Crippen molar-refractivity contribution in [2.75, 3.05) is 44.3 Å². The number of hydrogen-bond donors (Lipinski definition) is 0. The third kappa shape index (κ3) is 5.02. The minimum atomic E-state index is -0.258. The van der Waals surface area contributed by atoms with E-state index in [4.69, 9.17) is 9.72 Å². The molecule has 9 heteroatoms. The minimum absolute atomic E-state index is 0.0319. The molecule has 0 N–H and O–H groups in total. The first-order chi connectivity index (χ1) is 19.8. The molecule has 3 amide bonds. The van der Waals surface area contributed by atoms with Crippen molar-refractivity contribution in [1.82, 2.24) is 14.8 Å². The molecule has 4 heterocycles. The molecule has 3 aliphatic heterocycles. The number of morpholine rings is 1. The van der Waals surface area contributed by atoms with Gasteiger partial charge in [-0.1, -0.05) is 12.1 Å². The number of anilines is 1. The van der Waals surface area contributed by atoms with Crippen LogP contribution >= 0.6 is 0 Å². The lowest BCUT2D eigenvalue weighted by molar-refractivity contribution is -0.130. The Morgan fingerprint density at radius 1 is 0.951 bits per heavy atom. The number of piperidine rings is 1. The number of aromatic nitrogens is 1. The van der Waals surface area contributed by atoms with Crippen LogP contribution in [-0.2, 0) is 14.3 Å². The number of carbonyl (C=O) groups excluding carboxylic acids is 4. The van der Waals surface area contributed by atoms with Gasteiger partial charge in [0.1, 0.15) is 0 Å². The maximum Gasteiger partial charge on any atom is 0.254 e. The molecule has 1 atom stereocenters. The average molecular weight is 553 g/mol. The zero-order chi connectivity index (χ0) is 28.7. The van der Waals surface area contributed by atoms with E-state index in [2.05, 4.69) is 0 Å². The summed E-state index contributed by atoms with van der Waals surface area (Å²) >= 11 is 0. The highest BCUT2D eigenvalue weighted by Gasteiger charge is 2.35. The van der Waals surface area contributed by atoms with Crippen molar-refractivity contribution in [2.45, 2.75) is 32.6 Å².